The van der Waals surface area contributed by atoms with Gasteiger partial charge in [-0.15, -0.1) is 0 Å². The molecule has 0 aliphatic carbocycles. The van der Waals surface area contributed by atoms with E-state index in [-0.39, 0.29) is 30.0 Å². The molecule has 1 saturated heterocycles. The van der Waals surface area contributed by atoms with Crippen molar-refractivity contribution in [2.75, 3.05) is 18.9 Å². The summed E-state index contributed by atoms with van der Waals surface area (Å²) in [6.07, 6.45) is -1.47. The molecule has 1 fully saturated rings. The average Bonchev–Trinajstić information content (AvgIpc) is 2.85. The van der Waals surface area contributed by atoms with Crippen molar-refractivity contribution < 1.29 is 18.0 Å². The number of nitrogens with zero attached hydrogens (tertiary/aromatic N) is 4. The molecule has 0 aromatic carbocycles. The van der Waals surface area contributed by atoms with E-state index < -0.39 is 11.9 Å². The Labute approximate surface area is 135 Å². The van der Waals surface area contributed by atoms with Crippen molar-refractivity contribution in [2.45, 2.75) is 18.6 Å². The van der Waals surface area contributed by atoms with Crippen molar-refractivity contribution in [3.63, 3.8) is 0 Å². The van der Waals surface area contributed by atoms with Gasteiger partial charge in [-0.05, 0) is 12.1 Å². The van der Waals surface area contributed by atoms with Gasteiger partial charge in [-0.3, -0.25) is 9.78 Å². The largest absolute Gasteiger partial charge is 0.433 e. The molecule has 2 aromatic heterocycles. The van der Waals surface area contributed by atoms with Crippen LogP contribution < -0.4 is 5.32 Å². The Hall–Kier alpha value is -2.71. The van der Waals surface area contributed by atoms with Gasteiger partial charge in [0.2, 0.25) is 5.91 Å². The first-order valence-electron chi connectivity index (χ1n) is 7.20. The maximum absolute atomic E-state index is 13.1. The minimum atomic E-state index is -4.59. The number of likely N-dealkylation sites (tertiary alicyclic amines) is 1. The van der Waals surface area contributed by atoms with Crippen LogP contribution in [0.1, 0.15) is 12.1 Å². The van der Waals surface area contributed by atoms with Crippen LogP contribution in [0.4, 0.5) is 19.0 Å². The Kier molecular flexibility index (Phi) is 4.08. The molecule has 0 radical (unpaired) electrons. The quantitative estimate of drug-likeness (QED) is 0.930. The van der Waals surface area contributed by atoms with Crippen LogP contribution in [0, 0.1) is 0 Å². The van der Waals surface area contributed by atoms with E-state index >= 15 is 0 Å². The fourth-order valence-corrected chi connectivity index (χ4v) is 2.47. The van der Waals surface area contributed by atoms with Crippen molar-refractivity contribution >= 4 is 11.7 Å². The van der Waals surface area contributed by atoms with Crippen LogP contribution in [0.15, 0.2) is 30.6 Å². The SMILES string of the molecule is CN1C[C@H](Nc2cc(C(F)(F)F)nc(-c3ccncc3)n2)CC1=O. The predicted octanol–water partition coefficient (Wildman–Crippen LogP) is 2.20. The molecule has 0 unspecified atom stereocenters. The lowest BCUT2D eigenvalue weighted by atomic mass is 10.2. The second-order valence-electron chi connectivity index (χ2n) is 5.52. The number of hydrogen-bond acceptors (Lipinski definition) is 5. The van der Waals surface area contributed by atoms with Gasteiger partial charge >= 0.3 is 6.18 Å². The molecule has 0 spiro atoms. The van der Waals surface area contributed by atoms with Gasteiger partial charge in [-0.2, -0.15) is 13.2 Å². The zero-order valence-electron chi connectivity index (χ0n) is 12.7. The summed E-state index contributed by atoms with van der Waals surface area (Å²) < 4.78 is 39.3. The Balaban J connectivity index is 1.95. The molecule has 3 heterocycles. The van der Waals surface area contributed by atoms with Crippen LogP contribution in [0.5, 0.6) is 0 Å². The number of pyridine rings is 1. The number of anilines is 1. The molecule has 1 aliphatic rings. The summed E-state index contributed by atoms with van der Waals surface area (Å²) in [4.78, 5) is 24.7. The minimum Gasteiger partial charge on any atom is -0.365 e. The lowest BCUT2D eigenvalue weighted by Crippen LogP contribution is -2.25. The number of rotatable bonds is 3. The van der Waals surface area contributed by atoms with Crippen LogP contribution in [0.25, 0.3) is 11.4 Å². The van der Waals surface area contributed by atoms with E-state index in [0.717, 1.165) is 6.07 Å². The minimum absolute atomic E-state index is 0.0391. The fraction of sp³-hybridized carbons (Fsp3) is 0.333. The molecular weight excluding hydrogens is 323 g/mol. The van der Waals surface area contributed by atoms with E-state index in [9.17, 15) is 18.0 Å². The zero-order chi connectivity index (χ0) is 17.3. The molecule has 6 nitrogen and oxygen atoms in total. The summed E-state index contributed by atoms with van der Waals surface area (Å²) in [7, 11) is 1.65. The molecule has 126 valence electrons. The Morgan fingerprint density at radius 3 is 2.54 bits per heavy atom. The zero-order valence-corrected chi connectivity index (χ0v) is 12.7. The molecule has 2 aromatic rings. The first-order valence-corrected chi connectivity index (χ1v) is 7.20. The van der Waals surface area contributed by atoms with E-state index in [2.05, 4.69) is 20.3 Å². The summed E-state index contributed by atoms with van der Waals surface area (Å²) in [6, 6.07) is 3.63. The first kappa shape index (κ1) is 16.2. The number of aromatic nitrogens is 3. The van der Waals surface area contributed by atoms with Crippen LogP contribution in [-0.4, -0.2) is 45.4 Å². The highest BCUT2D eigenvalue weighted by Crippen LogP contribution is 2.31. The number of nitrogens with one attached hydrogen (secondary N) is 1. The number of carbonyl (C=O) groups excluding carboxylic acids is 1. The number of likely N-dealkylation sites (N-methyl/N-ethyl adjacent to an activating group) is 1. The maximum Gasteiger partial charge on any atom is 0.433 e. The van der Waals surface area contributed by atoms with Gasteiger partial charge in [-0.25, -0.2) is 9.97 Å². The maximum atomic E-state index is 13.1. The molecular formula is C15H14F3N5O. The van der Waals surface area contributed by atoms with Crippen molar-refractivity contribution in [1.82, 2.24) is 19.9 Å². The topological polar surface area (TPSA) is 71.0 Å². The van der Waals surface area contributed by atoms with Gasteiger partial charge < -0.3 is 10.2 Å². The van der Waals surface area contributed by atoms with Crippen molar-refractivity contribution in [2.24, 2.45) is 0 Å². The fourth-order valence-electron chi connectivity index (χ4n) is 2.47. The molecule has 9 heteroatoms. The third-order valence-corrected chi connectivity index (χ3v) is 3.65. The Morgan fingerprint density at radius 2 is 1.96 bits per heavy atom. The molecule has 0 saturated carbocycles. The second kappa shape index (κ2) is 6.06. The predicted molar refractivity (Wildman–Crippen MR) is 79.9 cm³/mol. The third-order valence-electron chi connectivity index (χ3n) is 3.65. The van der Waals surface area contributed by atoms with Gasteiger partial charge in [-0.1, -0.05) is 0 Å². The summed E-state index contributed by atoms with van der Waals surface area (Å²) in [5.41, 5.74) is -0.608. The molecule has 3 rings (SSSR count). The molecule has 1 aliphatic heterocycles. The number of halogens is 3. The molecule has 24 heavy (non-hydrogen) atoms. The Morgan fingerprint density at radius 1 is 1.25 bits per heavy atom. The van der Waals surface area contributed by atoms with Gasteiger partial charge in [0.1, 0.15) is 5.82 Å². The van der Waals surface area contributed by atoms with E-state index in [1.165, 1.54) is 29.4 Å². The summed E-state index contributed by atoms with van der Waals surface area (Å²) >= 11 is 0. The van der Waals surface area contributed by atoms with Gasteiger partial charge in [0.15, 0.2) is 11.5 Å². The third kappa shape index (κ3) is 3.44. The van der Waals surface area contributed by atoms with Crippen LogP contribution in [0.2, 0.25) is 0 Å². The number of amides is 1. The lowest BCUT2D eigenvalue weighted by Gasteiger charge is -2.15. The standard InChI is InChI=1S/C15H14F3N5O/c1-23-8-10(6-13(23)24)20-12-7-11(15(16,17)18)21-14(22-12)9-2-4-19-5-3-9/h2-5,7,10H,6,8H2,1H3,(H,20,21,22)/t10-/m1/s1. The summed E-state index contributed by atoms with van der Waals surface area (Å²) in [5, 5.41) is 2.90. The van der Waals surface area contributed by atoms with Crippen LogP contribution in [0.3, 0.4) is 0 Å². The van der Waals surface area contributed by atoms with E-state index in [1.807, 2.05) is 0 Å². The molecule has 1 N–H and O–H groups in total. The van der Waals surface area contributed by atoms with E-state index in [4.69, 9.17) is 0 Å². The number of alkyl halides is 3. The molecule has 0 bridgehead atoms. The van der Waals surface area contributed by atoms with Crippen molar-refractivity contribution in [3.8, 4) is 11.4 Å². The highest BCUT2D eigenvalue weighted by Gasteiger charge is 2.34. The number of carbonyl (C=O) groups is 1. The molecule has 1 atom stereocenters. The highest BCUT2D eigenvalue weighted by molar-refractivity contribution is 5.79. The van der Waals surface area contributed by atoms with Crippen LogP contribution >= 0.6 is 0 Å². The van der Waals surface area contributed by atoms with E-state index in [1.54, 1.807) is 7.05 Å². The summed E-state index contributed by atoms with van der Waals surface area (Å²) in [5.74, 6) is -0.0726. The van der Waals surface area contributed by atoms with Gasteiger partial charge in [0.25, 0.3) is 0 Å². The number of hydrogen-bond donors (Lipinski definition) is 1. The Bertz CT molecular complexity index is 751. The smallest absolute Gasteiger partial charge is 0.365 e. The highest BCUT2D eigenvalue weighted by atomic mass is 19.4. The molecule has 1 amide bonds. The lowest BCUT2D eigenvalue weighted by molar-refractivity contribution is -0.141. The van der Waals surface area contributed by atoms with Gasteiger partial charge in [0, 0.05) is 44.0 Å². The average molecular weight is 337 g/mol. The summed E-state index contributed by atoms with van der Waals surface area (Å²) in [6.45, 7) is 0.411. The second-order valence-corrected chi connectivity index (χ2v) is 5.52. The monoisotopic (exact) mass is 337 g/mol. The van der Waals surface area contributed by atoms with Gasteiger partial charge in [0.05, 0.1) is 6.04 Å². The van der Waals surface area contributed by atoms with Crippen LogP contribution in [-0.2, 0) is 11.0 Å². The van der Waals surface area contributed by atoms with Crippen molar-refractivity contribution in [3.05, 3.63) is 36.3 Å². The van der Waals surface area contributed by atoms with Crippen molar-refractivity contribution in [1.29, 1.82) is 0 Å². The first-order chi connectivity index (χ1) is 11.3. The van der Waals surface area contributed by atoms with E-state index in [0.29, 0.717) is 12.1 Å². The normalized spacial score (nSPS) is 18.1.